The summed E-state index contributed by atoms with van der Waals surface area (Å²) in [5.41, 5.74) is 8.16. The Hall–Kier alpha value is -3.11. The molecule has 2 heterocycles. The summed E-state index contributed by atoms with van der Waals surface area (Å²) in [6, 6.07) is 8.06. The molecule has 0 fully saturated rings. The van der Waals surface area contributed by atoms with Crippen LogP contribution in [0.5, 0.6) is 0 Å². The molecule has 2 aromatic heterocycles. The number of aromatic nitrogens is 2. The van der Waals surface area contributed by atoms with Crippen LogP contribution in [0.4, 0.5) is 5.00 Å². The van der Waals surface area contributed by atoms with Gasteiger partial charge in [-0.3, -0.25) is 14.2 Å². The number of carbonyl (C=O) groups is 3. The molecule has 0 radical (unpaired) electrons. The van der Waals surface area contributed by atoms with E-state index in [1.807, 2.05) is 29.0 Å². The van der Waals surface area contributed by atoms with E-state index in [4.69, 9.17) is 10.5 Å². The van der Waals surface area contributed by atoms with Crippen LogP contribution in [0.3, 0.4) is 0 Å². The van der Waals surface area contributed by atoms with Gasteiger partial charge in [-0.1, -0.05) is 43.8 Å². The van der Waals surface area contributed by atoms with Gasteiger partial charge in [0.15, 0.2) is 5.16 Å². The molecule has 0 unspecified atom stereocenters. The number of thioether (sulfide) groups is 1. The third kappa shape index (κ3) is 5.45. The lowest BCUT2D eigenvalue weighted by Gasteiger charge is -2.15. The summed E-state index contributed by atoms with van der Waals surface area (Å²) >= 11 is 2.24. The monoisotopic (exact) mass is 486 g/mol. The van der Waals surface area contributed by atoms with Gasteiger partial charge in [0.1, 0.15) is 5.00 Å². The zero-order valence-electron chi connectivity index (χ0n) is 18.9. The number of esters is 1. The van der Waals surface area contributed by atoms with E-state index < -0.39 is 11.9 Å². The molecule has 0 bridgehead atoms. The number of imidazole rings is 1. The lowest BCUT2D eigenvalue weighted by molar-refractivity contribution is -0.113. The number of hydrogen-bond acceptors (Lipinski definition) is 7. The Morgan fingerprint density at radius 2 is 2.00 bits per heavy atom. The minimum atomic E-state index is -0.663. The molecule has 0 aliphatic rings. The van der Waals surface area contributed by atoms with Crippen LogP contribution < -0.4 is 11.1 Å². The van der Waals surface area contributed by atoms with Crippen LogP contribution in [0.15, 0.2) is 41.8 Å². The lowest BCUT2D eigenvalue weighted by Crippen LogP contribution is -2.17. The van der Waals surface area contributed by atoms with Crippen LogP contribution in [-0.4, -0.2) is 39.7 Å². The first kappa shape index (κ1) is 24.5. The number of primary amides is 1. The largest absolute Gasteiger partial charge is 0.462 e. The van der Waals surface area contributed by atoms with Crippen LogP contribution >= 0.6 is 23.1 Å². The Morgan fingerprint density at radius 3 is 2.67 bits per heavy atom. The number of benzene rings is 1. The summed E-state index contributed by atoms with van der Waals surface area (Å²) < 4.78 is 7.04. The highest BCUT2D eigenvalue weighted by atomic mass is 32.2. The Morgan fingerprint density at radius 1 is 1.27 bits per heavy atom. The Balaban J connectivity index is 1.78. The second kappa shape index (κ2) is 10.7. The number of nitrogens with one attached hydrogen (secondary N) is 1. The zero-order valence-corrected chi connectivity index (χ0v) is 20.5. The van der Waals surface area contributed by atoms with Crippen molar-refractivity contribution in [1.82, 2.24) is 9.55 Å². The van der Waals surface area contributed by atoms with Crippen molar-refractivity contribution in [2.75, 3.05) is 17.7 Å². The van der Waals surface area contributed by atoms with E-state index in [1.54, 1.807) is 20.0 Å². The summed E-state index contributed by atoms with van der Waals surface area (Å²) in [5.74, 6) is -1.22. The summed E-state index contributed by atoms with van der Waals surface area (Å²) in [7, 11) is 0. The molecule has 0 saturated carbocycles. The molecule has 3 rings (SSSR count). The molecule has 0 saturated heterocycles. The van der Waals surface area contributed by atoms with E-state index in [9.17, 15) is 14.4 Å². The van der Waals surface area contributed by atoms with Crippen molar-refractivity contribution in [3.8, 4) is 5.69 Å². The highest BCUT2D eigenvalue weighted by Crippen LogP contribution is 2.34. The number of nitrogens with zero attached hydrogens (tertiary/aromatic N) is 2. The van der Waals surface area contributed by atoms with Gasteiger partial charge in [0.05, 0.1) is 28.5 Å². The van der Waals surface area contributed by atoms with Crippen molar-refractivity contribution in [2.45, 2.75) is 38.8 Å². The molecule has 8 nitrogen and oxygen atoms in total. The minimum Gasteiger partial charge on any atom is -0.462 e. The maximum atomic E-state index is 12.7. The molecule has 1 aromatic carbocycles. The third-order valence-electron chi connectivity index (χ3n) is 4.86. The van der Waals surface area contributed by atoms with Gasteiger partial charge in [0.25, 0.3) is 5.91 Å². The van der Waals surface area contributed by atoms with Gasteiger partial charge in [-0.2, -0.15) is 0 Å². The Bertz CT molecular complexity index is 1180. The fraction of sp³-hybridized carbons (Fsp3) is 0.304. The fourth-order valence-corrected chi connectivity index (χ4v) is 5.18. The molecule has 3 aromatic rings. The summed E-state index contributed by atoms with van der Waals surface area (Å²) in [4.78, 5) is 41.5. The highest BCUT2D eigenvalue weighted by molar-refractivity contribution is 7.99. The molecule has 0 aliphatic carbocycles. The number of rotatable bonds is 9. The number of amides is 2. The predicted octanol–water partition coefficient (Wildman–Crippen LogP) is 4.37. The SMILES string of the molecule is CCOC(=O)c1c(NC(=O)CSc2nccn2-c2ccccc2C(C)C)sc(C(N)=O)c1C. The number of carbonyl (C=O) groups excluding carboxylic acids is 3. The minimum absolute atomic E-state index is 0.0615. The van der Waals surface area contributed by atoms with Gasteiger partial charge >= 0.3 is 5.97 Å². The molecule has 3 N–H and O–H groups in total. The topological polar surface area (TPSA) is 116 Å². The van der Waals surface area contributed by atoms with Crippen molar-refractivity contribution < 1.29 is 19.1 Å². The van der Waals surface area contributed by atoms with E-state index >= 15 is 0 Å². The lowest BCUT2D eigenvalue weighted by atomic mass is 10.0. The van der Waals surface area contributed by atoms with E-state index in [2.05, 4.69) is 30.2 Å². The van der Waals surface area contributed by atoms with E-state index in [0.717, 1.165) is 17.0 Å². The van der Waals surface area contributed by atoms with Gasteiger partial charge in [0, 0.05) is 12.4 Å². The second-order valence-electron chi connectivity index (χ2n) is 7.48. The number of hydrogen-bond donors (Lipinski definition) is 2. The third-order valence-corrected chi connectivity index (χ3v) is 7.05. The normalized spacial score (nSPS) is 10.9. The van der Waals surface area contributed by atoms with Crippen LogP contribution in [0.2, 0.25) is 0 Å². The van der Waals surface area contributed by atoms with Gasteiger partial charge in [0.2, 0.25) is 5.91 Å². The molecule has 174 valence electrons. The van der Waals surface area contributed by atoms with Crippen molar-refractivity contribution in [2.24, 2.45) is 5.73 Å². The van der Waals surface area contributed by atoms with Crippen LogP contribution in [0.25, 0.3) is 5.69 Å². The number of para-hydroxylation sites is 1. The number of anilines is 1. The summed E-state index contributed by atoms with van der Waals surface area (Å²) in [6.07, 6.45) is 3.56. The van der Waals surface area contributed by atoms with Crippen LogP contribution in [0, 0.1) is 6.92 Å². The molecule has 0 atom stereocenters. The van der Waals surface area contributed by atoms with Crippen molar-refractivity contribution in [3.05, 3.63) is 58.2 Å². The molecule has 2 amide bonds. The number of thiophene rings is 1. The van der Waals surface area contributed by atoms with Gasteiger partial charge in [-0.05, 0) is 37.0 Å². The second-order valence-corrected chi connectivity index (χ2v) is 9.44. The zero-order chi connectivity index (χ0) is 24.1. The highest BCUT2D eigenvalue weighted by Gasteiger charge is 2.26. The fourth-order valence-electron chi connectivity index (χ4n) is 3.35. The Kier molecular flexibility index (Phi) is 7.93. The average molecular weight is 487 g/mol. The smallest absolute Gasteiger partial charge is 0.341 e. The van der Waals surface area contributed by atoms with Crippen LogP contribution in [0.1, 0.15) is 57.8 Å². The van der Waals surface area contributed by atoms with Crippen LogP contribution in [-0.2, 0) is 9.53 Å². The van der Waals surface area contributed by atoms with Gasteiger partial charge in [-0.15, -0.1) is 11.3 Å². The quantitative estimate of drug-likeness (QED) is 0.343. The van der Waals surface area contributed by atoms with Crippen molar-refractivity contribution in [1.29, 1.82) is 0 Å². The Labute approximate surface area is 200 Å². The predicted molar refractivity (Wildman–Crippen MR) is 131 cm³/mol. The van der Waals surface area contributed by atoms with E-state index in [-0.39, 0.29) is 33.7 Å². The standard InChI is InChI=1S/C23H26N4O4S2/c1-5-31-22(30)18-14(4)19(20(24)29)33-21(18)26-17(28)12-32-23-25-10-11-27(23)16-9-7-6-8-15(16)13(2)3/h6-11,13H,5,12H2,1-4H3,(H2,24,29)(H,26,28). The first-order chi connectivity index (χ1) is 15.7. The first-order valence-corrected chi connectivity index (χ1v) is 12.2. The molecule has 33 heavy (non-hydrogen) atoms. The van der Waals surface area contributed by atoms with E-state index in [0.29, 0.717) is 16.6 Å². The first-order valence-electron chi connectivity index (χ1n) is 10.4. The van der Waals surface area contributed by atoms with Gasteiger partial charge < -0.3 is 15.8 Å². The molecular formula is C23H26N4O4S2. The summed E-state index contributed by atoms with van der Waals surface area (Å²) in [6.45, 7) is 7.71. The molecule has 10 heteroatoms. The van der Waals surface area contributed by atoms with Gasteiger partial charge in [-0.25, -0.2) is 9.78 Å². The maximum Gasteiger partial charge on any atom is 0.341 e. The molecule has 0 aliphatic heterocycles. The maximum absolute atomic E-state index is 12.7. The molecule has 0 spiro atoms. The van der Waals surface area contributed by atoms with Crippen molar-refractivity contribution in [3.63, 3.8) is 0 Å². The summed E-state index contributed by atoms with van der Waals surface area (Å²) in [5, 5.41) is 3.65. The average Bonchev–Trinajstić information content (AvgIpc) is 3.36. The van der Waals surface area contributed by atoms with Crippen molar-refractivity contribution >= 4 is 45.9 Å². The van der Waals surface area contributed by atoms with E-state index in [1.165, 1.54) is 17.3 Å². The number of nitrogens with two attached hydrogens (primary N) is 1. The number of ether oxygens (including phenoxy) is 1. The molecular weight excluding hydrogens is 460 g/mol.